The van der Waals surface area contributed by atoms with Crippen LogP contribution in [0.5, 0.6) is 0 Å². The van der Waals surface area contributed by atoms with E-state index in [2.05, 4.69) is 174 Å². The highest BCUT2D eigenvalue weighted by molar-refractivity contribution is 5.82. The Balaban J connectivity index is 1.58. The molecule has 0 amide bonds. The van der Waals surface area contributed by atoms with Crippen molar-refractivity contribution in [2.45, 2.75) is 52.4 Å². The molecule has 0 nitrogen and oxygen atoms in total. The third kappa shape index (κ3) is 8.01. The molecular formula is C46H46. The third-order valence-corrected chi connectivity index (χ3v) is 9.02. The van der Waals surface area contributed by atoms with Gasteiger partial charge in [-0.25, -0.2) is 0 Å². The fourth-order valence-electron chi connectivity index (χ4n) is 6.35. The fourth-order valence-corrected chi connectivity index (χ4v) is 6.35. The number of benzene rings is 5. The number of rotatable bonds is 12. The largest absolute Gasteiger partial charge is 0.0991 e. The predicted molar refractivity (Wildman–Crippen MR) is 200 cm³/mol. The maximum absolute atomic E-state index is 4.15. The lowest BCUT2D eigenvalue weighted by atomic mass is 9.79. The zero-order valence-corrected chi connectivity index (χ0v) is 27.8. The molecule has 0 aliphatic heterocycles. The van der Waals surface area contributed by atoms with Crippen LogP contribution in [-0.4, -0.2) is 0 Å². The second-order valence-corrected chi connectivity index (χ2v) is 12.6. The van der Waals surface area contributed by atoms with Gasteiger partial charge in [-0.15, -0.1) is 0 Å². The Labute approximate surface area is 277 Å². The highest BCUT2D eigenvalue weighted by Crippen LogP contribution is 2.41. The smallest absolute Gasteiger partial charge is 0.0130 e. The van der Waals surface area contributed by atoms with Gasteiger partial charge >= 0.3 is 0 Å². The molecule has 0 unspecified atom stereocenters. The van der Waals surface area contributed by atoms with Crippen molar-refractivity contribution in [3.8, 4) is 0 Å². The third-order valence-electron chi connectivity index (χ3n) is 9.02. The summed E-state index contributed by atoms with van der Waals surface area (Å²) in [7, 11) is 0. The Morgan fingerprint density at radius 3 is 0.935 bits per heavy atom. The molecule has 5 aromatic carbocycles. The molecule has 0 N–H and O–H groups in total. The molecule has 0 fully saturated rings. The lowest BCUT2D eigenvalue weighted by Gasteiger charge is -2.25. The number of aryl methyl sites for hydroxylation is 4. The van der Waals surface area contributed by atoms with E-state index >= 15 is 0 Å². The van der Waals surface area contributed by atoms with Gasteiger partial charge in [0.25, 0.3) is 0 Å². The maximum Gasteiger partial charge on any atom is 0.0130 e. The van der Waals surface area contributed by atoms with Crippen LogP contribution in [0.4, 0.5) is 0 Å². The minimum atomic E-state index is 0.208. The van der Waals surface area contributed by atoms with Crippen LogP contribution in [-0.2, 0) is 0 Å². The Morgan fingerprint density at radius 2 is 0.696 bits per heavy atom. The Kier molecular flexibility index (Phi) is 10.8. The average Bonchev–Trinajstić information content (AvgIpc) is 3.07. The van der Waals surface area contributed by atoms with E-state index in [0.717, 1.165) is 12.8 Å². The summed E-state index contributed by atoms with van der Waals surface area (Å²) in [5.74, 6) is 0.417. The predicted octanol–water partition coefficient (Wildman–Crippen LogP) is 12.5. The minimum absolute atomic E-state index is 0.208. The first kappa shape index (κ1) is 32.5. The van der Waals surface area contributed by atoms with Crippen molar-refractivity contribution in [3.63, 3.8) is 0 Å². The summed E-state index contributed by atoms with van der Waals surface area (Å²) in [6.07, 6.45) is 10.00. The van der Waals surface area contributed by atoms with Crippen LogP contribution < -0.4 is 0 Å². The van der Waals surface area contributed by atoms with Gasteiger partial charge in [-0.2, -0.15) is 0 Å². The minimum Gasteiger partial charge on any atom is -0.0991 e. The molecule has 0 spiro atoms. The first-order chi connectivity index (χ1) is 22.4. The van der Waals surface area contributed by atoms with Crippen LogP contribution in [0.1, 0.15) is 80.3 Å². The van der Waals surface area contributed by atoms with Gasteiger partial charge in [-0.05, 0) is 85.1 Å². The molecule has 46 heavy (non-hydrogen) atoms. The second kappa shape index (κ2) is 15.4. The monoisotopic (exact) mass is 598 g/mol. The summed E-state index contributed by atoms with van der Waals surface area (Å²) >= 11 is 0. The Morgan fingerprint density at radius 1 is 0.435 bits per heavy atom. The zero-order chi connectivity index (χ0) is 32.5. The van der Waals surface area contributed by atoms with E-state index < -0.39 is 0 Å². The topological polar surface area (TPSA) is 0 Å². The Hall–Kier alpha value is -4.94. The molecular weight excluding hydrogens is 553 g/mol. The number of hydrogen-bond donors (Lipinski definition) is 0. The number of allylic oxidation sites excluding steroid dienone is 6. The van der Waals surface area contributed by atoms with Crippen molar-refractivity contribution in [1.29, 1.82) is 0 Å². The van der Waals surface area contributed by atoms with Gasteiger partial charge in [-0.3, -0.25) is 0 Å². The molecule has 0 atom stereocenters. The lowest BCUT2D eigenvalue weighted by Crippen LogP contribution is -2.06. The molecule has 0 bridgehead atoms. The van der Waals surface area contributed by atoms with E-state index in [4.69, 9.17) is 0 Å². The second-order valence-electron chi connectivity index (χ2n) is 12.6. The van der Waals surface area contributed by atoms with E-state index in [1.807, 2.05) is 12.2 Å². The summed E-state index contributed by atoms with van der Waals surface area (Å²) in [5, 5.41) is 0. The molecule has 0 radical (unpaired) electrons. The highest BCUT2D eigenvalue weighted by Gasteiger charge is 2.22. The van der Waals surface area contributed by atoms with Gasteiger partial charge in [-0.1, -0.05) is 181 Å². The fraction of sp³-hybridized carbons (Fsp3) is 0.174. The Bertz CT molecular complexity index is 1580. The van der Waals surface area contributed by atoms with Gasteiger partial charge in [0, 0.05) is 11.8 Å². The van der Waals surface area contributed by atoms with Crippen molar-refractivity contribution in [3.05, 3.63) is 214 Å². The van der Waals surface area contributed by atoms with Gasteiger partial charge < -0.3 is 0 Å². The van der Waals surface area contributed by atoms with Crippen molar-refractivity contribution < 1.29 is 0 Å². The van der Waals surface area contributed by atoms with E-state index in [1.165, 1.54) is 66.8 Å². The lowest BCUT2D eigenvalue weighted by molar-refractivity contribution is 0.834. The van der Waals surface area contributed by atoms with Crippen LogP contribution in [0.2, 0.25) is 0 Å². The first-order valence-corrected chi connectivity index (χ1v) is 16.4. The number of hydrogen-bond acceptors (Lipinski definition) is 0. The SMILES string of the molecule is C=CC=C(CC(c1ccc(C)cc1)c1ccc(C)cc1)c1ccccc1C(=CC=C)CC(c1ccc(C)cc1)c1ccc(C)cc1. The van der Waals surface area contributed by atoms with Crippen molar-refractivity contribution >= 4 is 11.1 Å². The van der Waals surface area contributed by atoms with Crippen molar-refractivity contribution in [2.24, 2.45) is 0 Å². The molecule has 0 aliphatic rings. The molecule has 230 valence electrons. The summed E-state index contributed by atoms with van der Waals surface area (Å²) in [6.45, 7) is 16.9. The average molecular weight is 599 g/mol. The van der Waals surface area contributed by atoms with Crippen molar-refractivity contribution in [1.82, 2.24) is 0 Å². The van der Waals surface area contributed by atoms with Gasteiger partial charge in [0.15, 0.2) is 0 Å². The summed E-state index contributed by atoms with van der Waals surface area (Å²) in [6, 6.07) is 44.9. The summed E-state index contributed by atoms with van der Waals surface area (Å²) in [4.78, 5) is 0. The van der Waals surface area contributed by atoms with E-state index in [1.54, 1.807) is 0 Å². The normalized spacial score (nSPS) is 12.0. The quantitative estimate of drug-likeness (QED) is 0.125. The van der Waals surface area contributed by atoms with Gasteiger partial charge in [0.2, 0.25) is 0 Å². The van der Waals surface area contributed by atoms with E-state index in [-0.39, 0.29) is 11.8 Å². The van der Waals surface area contributed by atoms with Crippen LogP contribution in [0.15, 0.2) is 159 Å². The van der Waals surface area contributed by atoms with Crippen LogP contribution >= 0.6 is 0 Å². The molecule has 5 aromatic rings. The molecule has 5 rings (SSSR count). The van der Waals surface area contributed by atoms with E-state index in [0.29, 0.717) is 0 Å². The molecule has 0 aromatic heterocycles. The van der Waals surface area contributed by atoms with Crippen LogP contribution in [0.25, 0.3) is 11.1 Å². The summed E-state index contributed by atoms with van der Waals surface area (Å²) in [5.41, 5.74) is 15.4. The molecule has 0 heteroatoms. The zero-order valence-electron chi connectivity index (χ0n) is 27.8. The molecule has 0 heterocycles. The highest BCUT2D eigenvalue weighted by atomic mass is 14.3. The standard InChI is InChI=1S/C46H46/c1-7-11-41(31-45(37-23-15-33(3)16-24-37)38-25-17-34(4)18-26-38)43-13-9-10-14-44(43)42(12-8-2)32-46(39-27-19-35(5)20-28-39)40-29-21-36(6)22-30-40/h7-30,45-46H,1-2,31-32H2,3-6H3. The molecule has 0 saturated carbocycles. The summed E-state index contributed by atoms with van der Waals surface area (Å²) < 4.78 is 0. The molecule has 0 saturated heterocycles. The van der Waals surface area contributed by atoms with Crippen LogP contribution in [0.3, 0.4) is 0 Å². The van der Waals surface area contributed by atoms with Gasteiger partial charge in [0.05, 0.1) is 0 Å². The van der Waals surface area contributed by atoms with E-state index in [9.17, 15) is 0 Å². The van der Waals surface area contributed by atoms with Crippen LogP contribution in [0, 0.1) is 27.7 Å². The van der Waals surface area contributed by atoms with Gasteiger partial charge in [0.1, 0.15) is 0 Å². The maximum atomic E-state index is 4.15. The first-order valence-electron chi connectivity index (χ1n) is 16.4. The molecule has 0 aliphatic carbocycles. The van der Waals surface area contributed by atoms with Crippen molar-refractivity contribution in [2.75, 3.05) is 0 Å².